The molecule has 2 aliphatic rings. The Labute approximate surface area is 163 Å². The van der Waals surface area contributed by atoms with Gasteiger partial charge in [-0.2, -0.15) is 13.2 Å². The Morgan fingerprint density at radius 1 is 1.28 bits per heavy atom. The van der Waals surface area contributed by atoms with Gasteiger partial charge in [-0.25, -0.2) is 13.8 Å². The molecule has 0 saturated carbocycles. The highest BCUT2D eigenvalue weighted by atomic mass is 19.4. The lowest BCUT2D eigenvalue weighted by Gasteiger charge is -2.30. The second kappa shape index (κ2) is 7.20. The summed E-state index contributed by atoms with van der Waals surface area (Å²) in [6.45, 7) is 0.855. The van der Waals surface area contributed by atoms with Crippen molar-refractivity contribution >= 4 is 11.3 Å². The van der Waals surface area contributed by atoms with Gasteiger partial charge in [-0.1, -0.05) is 6.08 Å². The number of nitrogens with one attached hydrogen (secondary N) is 1. The average molecular weight is 411 g/mol. The third-order valence-corrected chi connectivity index (χ3v) is 5.15. The maximum Gasteiger partial charge on any atom is 0.433 e. The molecule has 0 spiro atoms. The smallest absolute Gasteiger partial charge is 0.433 e. The highest BCUT2D eigenvalue weighted by molar-refractivity contribution is 5.73. The molecular weight excluding hydrogens is 393 g/mol. The number of rotatable bonds is 3. The Morgan fingerprint density at radius 2 is 2.07 bits per heavy atom. The number of hydrogen-bond acceptors (Lipinski definition) is 3. The summed E-state index contributed by atoms with van der Waals surface area (Å²) in [5.74, 6) is -0.533. The number of nitrogens with zero attached hydrogens (tertiary/aromatic N) is 2. The van der Waals surface area contributed by atoms with E-state index < -0.39 is 23.9 Å². The lowest BCUT2D eigenvalue weighted by molar-refractivity contribution is -0.141. The van der Waals surface area contributed by atoms with Crippen molar-refractivity contribution in [2.75, 3.05) is 18.6 Å². The third-order valence-electron chi connectivity index (χ3n) is 5.15. The molecule has 4 nitrogen and oxygen atoms in total. The summed E-state index contributed by atoms with van der Waals surface area (Å²) in [5.41, 5.74) is 1.49. The van der Waals surface area contributed by atoms with Crippen LogP contribution in [0.2, 0.25) is 0 Å². The van der Waals surface area contributed by atoms with Gasteiger partial charge in [-0.15, -0.1) is 0 Å². The number of allylic oxidation sites excluding steroid dienone is 4. The van der Waals surface area contributed by atoms with Crippen molar-refractivity contribution in [1.82, 2.24) is 9.97 Å². The first-order chi connectivity index (χ1) is 13.8. The van der Waals surface area contributed by atoms with Crippen LogP contribution in [0.5, 0.6) is 5.75 Å². The minimum Gasteiger partial charge on any atom is -0.494 e. The maximum absolute atomic E-state index is 14.2. The van der Waals surface area contributed by atoms with Gasteiger partial charge in [0.2, 0.25) is 0 Å². The van der Waals surface area contributed by atoms with Crippen molar-refractivity contribution < 1.29 is 26.7 Å². The average Bonchev–Trinajstić information content (AvgIpc) is 3.09. The molecule has 2 aromatic heterocycles. The van der Waals surface area contributed by atoms with Crippen LogP contribution in [0.25, 0.3) is 5.57 Å². The van der Waals surface area contributed by atoms with E-state index in [2.05, 4.69) is 9.97 Å². The minimum absolute atomic E-state index is 0.00206. The molecule has 3 heterocycles. The van der Waals surface area contributed by atoms with Gasteiger partial charge in [0.15, 0.2) is 0 Å². The fourth-order valence-corrected chi connectivity index (χ4v) is 3.72. The predicted octanol–water partition coefficient (Wildman–Crippen LogP) is 4.98. The molecular formula is C20H18F5N3O. The zero-order valence-corrected chi connectivity index (χ0v) is 15.5. The van der Waals surface area contributed by atoms with Crippen LogP contribution < -0.4 is 9.64 Å². The molecule has 0 bridgehead atoms. The number of aromatic nitrogens is 2. The minimum atomic E-state index is -4.56. The summed E-state index contributed by atoms with van der Waals surface area (Å²) < 4.78 is 72.2. The Morgan fingerprint density at radius 3 is 2.76 bits per heavy atom. The van der Waals surface area contributed by atoms with Crippen LogP contribution >= 0.6 is 0 Å². The Kier molecular flexibility index (Phi) is 4.84. The van der Waals surface area contributed by atoms with E-state index in [1.54, 1.807) is 6.07 Å². The van der Waals surface area contributed by atoms with E-state index in [4.69, 9.17) is 4.74 Å². The largest absolute Gasteiger partial charge is 0.494 e. The number of H-pyrrole nitrogens is 1. The van der Waals surface area contributed by atoms with Crippen LogP contribution in [0, 0.1) is 0 Å². The molecule has 0 fully saturated rings. The molecule has 29 heavy (non-hydrogen) atoms. The summed E-state index contributed by atoms with van der Waals surface area (Å²) in [6.07, 6.45) is -1.46. The first kappa shape index (κ1) is 19.5. The molecule has 4 rings (SSSR count). The zero-order chi connectivity index (χ0) is 20.8. The van der Waals surface area contributed by atoms with Gasteiger partial charge in [0.25, 0.3) is 0 Å². The van der Waals surface area contributed by atoms with Gasteiger partial charge in [0.05, 0.1) is 19.0 Å². The molecule has 1 aliphatic heterocycles. The molecule has 1 atom stereocenters. The fraction of sp³-hybridized carbons (Fsp3) is 0.350. The maximum atomic E-state index is 14.2. The second-order valence-corrected chi connectivity index (χ2v) is 6.96. The molecule has 2 aromatic rings. The van der Waals surface area contributed by atoms with Crippen molar-refractivity contribution in [1.29, 1.82) is 0 Å². The molecule has 0 saturated heterocycles. The normalized spacial score (nSPS) is 19.5. The number of pyridine rings is 1. The number of aromatic amines is 1. The first-order valence-corrected chi connectivity index (χ1v) is 9.05. The molecule has 9 heteroatoms. The summed E-state index contributed by atoms with van der Waals surface area (Å²) in [6, 6.07) is 2.57. The third kappa shape index (κ3) is 3.61. The molecule has 0 radical (unpaired) electrons. The number of halogens is 5. The van der Waals surface area contributed by atoms with Crippen LogP contribution in [-0.4, -0.2) is 29.8 Å². The van der Waals surface area contributed by atoms with E-state index in [0.29, 0.717) is 30.9 Å². The van der Waals surface area contributed by atoms with Gasteiger partial charge >= 0.3 is 6.18 Å². The topological polar surface area (TPSA) is 41.1 Å². The molecule has 1 aliphatic carbocycles. The molecule has 1 unspecified atom stereocenters. The van der Waals surface area contributed by atoms with Gasteiger partial charge in [0.1, 0.15) is 23.4 Å². The predicted molar refractivity (Wildman–Crippen MR) is 98.0 cm³/mol. The van der Waals surface area contributed by atoms with E-state index in [1.165, 1.54) is 19.3 Å². The van der Waals surface area contributed by atoms with Crippen molar-refractivity contribution in [3.8, 4) is 5.75 Å². The summed E-state index contributed by atoms with van der Waals surface area (Å²) in [5, 5.41) is 0. The van der Waals surface area contributed by atoms with Crippen molar-refractivity contribution in [2.45, 2.75) is 31.7 Å². The van der Waals surface area contributed by atoms with Crippen LogP contribution in [0.1, 0.15) is 29.1 Å². The lowest BCUT2D eigenvalue weighted by Crippen LogP contribution is -2.30. The highest BCUT2D eigenvalue weighted by Gasteiger charge is 2.34. The van der Waals surface area contributed by atoms with Crippen LogP contribution in [0.4, 0.5) is 27.6 Å². The van der Waals surface area contributed by atoms with Crippen molar-refractivity contribution in [2.24, 2.45) is 0 Å². The number of anilines is 1. The van der Waals surface area contributed by atoms with Crippen molar-refractivity contribution in [3.63, 3.8) is 0 Å². The lowest BCUT2D eigenvalue weighted by atomic mass is 9.98. The van der Waals surface area contributed by atoms with E-state index >= 15 is 0 Å². The van der Waals surface area contributed by atoms with Gasteiger partial charge in [-0.3, -0.25) is 0 Å². The van der Waals surface area contributed by atoms with E-state index in [0.717, 1.165) is 23.5 Å². The Bertz CT molecular complexity index is 992. The standard InChI is InChI=1S/C20H18F5N3O/c1-29-17-8-18(20(23,24)25)26-9-16(17)28-6-5-14-11(10-28)7-15(27-14)19-12(21)3-2-4-13(19)22/h2-3,7-9,13,27H,4-6,10H2,1H3. The number of ether oxygens (including phenoxy) is 1. The van der Waals surface area contributed by atoms with Crippen LogP contribution in [0.15, 0.2) is 36.3 Å². The summed E-state index contributed by atoms with van der Waals surface area (Å²) in [7, 11) is 1.30. The second-order valence-electron chi connectivity index (χ2n) is 6.96. The summed E-state index contributed by atoms with van der Waals surface area (Å²) in [4.78, 5) is 8.46. The van der Waals surface area contributed by atoms with E-state index in [9.17, 15) is 22.0 Å². The van der Waals surface area contributed by atoms with Crippen LogP contribution in [0.3, 0.4) is 0 Å². The molecule has 0 amide bonds. The van der Waals surface area contributed by atoms with Crippen LogP contribution in [-0.2, 0) is 19.1 Å². The molecule has 1 N–H and O–H groups in total. The van der Waals surface area contributed by atoms with Gasteiger partial charge < -0.3 is 14.6 Å². The number of methoxy groups -OCH3 is 1. The monoisotopic (exact) mass is 411 g/mol. The summed E-state index contributed by atoms with van der Waals surface area (Å²) >= 11 is 0. The van der Waals surface area contributed by atoms with E-state index in [-0.39, 0.29) is 17.7 Å². The first-order valence-electron chi connectivity index (χ1n) is 9.05. The Hall–Kier alpha value is -2.84. The van der Waals surface area contributed by atoms with Gasteiger partial charge in [0, 0.05) is 49.0 Å². The molecule has 0 aromatic carbocycles. The number of alkyl halides is 4. The number of hydrogen-bond donors (Lipinski definition) is 1. The fourth-order valence-electron chi connectivity index (χ4n) is 3.72. The van der Waals surface area contributed by atoms with Gasteiger partial charge in [-0.05, 0) is 17.7 Å². The molecule has 154 valence electrons. The quantitative estimate of drug-likeness (QED) is 0.725. The highest BCUT2D eigenvalue weighted by Crippen LogP contribution is 2.38. The Balaban J connectivity index is 1.63. The van der Waals surface area contributed by atoms with Crippen molar-refractivity contribution in [3.05, 3.63) is 59.0 Å². The SMILES string of the molecule is COc1cc(C(F)(F)F)ncc1N1CCc2[nH]c(C3=C(F)C=CCC3F)cc2C1. The van der Waals surface area contributed by atoms with E-state index in [1.807, 2.05) is 4.90 Å². The zero-order valence-electron chi connectivity index (χ0n) is 15.5. The number of fused-ring (bicyclic) bond motifs is 1.